The zero-order chi connectivity index (χ0) is 60.0. The van der Waals surface area contributed by atoms with Crippen LogP contribution in [0.1, 0.15) is 374 Å². The minimum Gasteiger partial charge on any atom is -0.456 e. The Morgan fingerprint density at radius 1 is 0.415 bits per heavy atom. The van der Waals surface area contributed by atoms with Gasteiger partial charge in [-0.1, -0.05) is 328 Å². The first-order chi connectivity index (χ1) is 39.9. The Morgan fingerprint density at radius 2 is 0.707 bits per heavy atom. The predicted molar refractivity (Wildman–Crippen MR) is 356 cm³/mol. The molecule has 0 aliphatic carbocycles. The minimum absolute atomic E-state index is 0.0443. The Bertz CT molecular complexity index is 1450. The number of phosphoric ester groups is 1. The van der Waals surface area contributed by atoms with Crippen LogP contribution in [0.2, 0.25) is 0 Å². The molecular formula is C72H142N2O7P+. The lowest BCUT2D eigenvalue weighted by Gasteiger charge is -2.27. The molecule has 10 heteroatoms. The molecule has 82 heavy (non-hydrogen) atoms. The van der Waals surface area contributed by atoms with Crippen LogP contribution in [-0.4, -0.2) is 74.3 Å². The standard InChI is InChI=1S/C72H141N2O7P/c1-7-10-13-16-19-22-25-28-30-32-34-36-37-39-40-42-44-46-49-52-55-58-61-64-71(75)73-69(68-80-82(77,78)79-67-66-74(4,5)6)70(63-60-57-54-51-48-27-24-21-18-15-12-9-3)81-72(76)65-62-59-56-53-50-47-45-43-41-38-35-33-31-29-26-23-20-17-14-11-8-2/h29,31,60,63,69-70H,7-28,30,32-59,61-62,64-68H2,1-6H3,(H-,73,75,77,78)/p+1/b31-29+,63-60+. The van der Waals surface area contributed by atoms with Crippen molar-refractivity contribution < 1.29 is 37.3 Å². The van der Waals surface area contributed by atoms with Gasteiger partial charge in [0.15, 0.2) is 0 Å². The van der Waals surface area contributed by atoms with Crippen LogP contribution in [0, 0.1) is 0 Å². The van der Waals surface area contributed by atoms with Crippen LogP contribution in [0.3, 0.4) is 0 Å². The fourth-order valence-electron chi connectivity index (χ4n) is 11.1. The number of unbranched alkanes of at least 4 members (excludes halogenated alkanes) is 49. The molecule has 0 aromatic heterocycles. The Balaban J connectivity index is 5.02. The third-order valence-corrected chi connectivity index (χ3v) is 17.6. The molecule has 0 rings (SSSR count). The fraction of sp³-hybridized carbons (Fsp3) is 0.917. The second kappa shape index (κ2) is 62.5. The number of ether oxygens (including phenoxy) is 1. The molecule has 0 spiro atoms. The van der Waals surface area contributed by atoms with Crippen molar-refractivity contribution in [3.05, 3.63) is 24.3 Å². The first-order valence-corrected chi connectivity index (χ1v) is 37.7. The molecule has 0 aliphatic heterocycles. The van der Waals surface area contributed by atoms with Crippen molar-refractivity contribution in [2.45, 2.75) is 386 Å². The Morgan fingerprint density at radius 3 is 1.04 bits per heavy atom. The van der Waals surface area contributed by atoms with E-state index in [0.29, 0.717) is 23.9 Å². The van der Waals surface area contributed by atoms with Crippen LogP contribution < -0.4 is 5.32 Å². The molecule has 3 unspecified atom stereocenters. The number of amides is 1. The van der Waals surface area contributed by atoms with Crippen LogP contribution in [0.15, 0.2) is 24.3 Å². The summed E-state index contributed by atoms with van der Waals surface area (Å²) >= 11 is 0. The van der Waals surface area contributed by atoms with E-state index < -0.39 is 20.0 Å². The van der Waals surface area contributed by atoms with E-state index in [1.807, 2.05) is 27.2 Å². The summed E-state index contributed by atoms with van der Waals surface area (Å²) in [5.74, 6) is -0.482. The van der Waals surface area contributed by atoms with Crippen molar-refractivity contribution in [3.8, 4) is 0 Å². The van der Waals surface area contributed by atoms with Gasteiger partial charge in [0, 0.05) is 12.8 Å². The highest BCUT2D eigenvalue weighted by Crippen LogP contribution is 2.43. The molecule has 3 atom stereocenters. The molecule has 9 nitrogen and oxygen atoms in total. The van der Waals surface area contributed by atoms with E-state index in [9.17, 15) is 19.0 Å². The van der Waals surface area contributed by atoms with E-state index in [1.165, 1.54) is 283 Å². The molecule has 0 saturated heterocycles. The van der Waals surface area contributed by atoms with E-state index in [-0.39, 0.29) is 25.1 Å². The first kappa shape index (κ1) is 80.5. The molecule has 0 aliphatic rings. The lowest BCUT2D eigenvalue weighted by Crippen LogP contribution is -2.47. The fourth-order valence-corrected chi connectivity index (χ4v) is 11.8. The van der Waals surface area contributed by atoms with Crippen LogP contribution >= 0.6 is 7.82 Å². The van der Waals surface area contributed by atoms with Gasteiger partial charge in [0.2, 0.25) is 5.91 Å². The number of hydrogen-bond acceptors (Lipinski definition) is 6. The van der Waals surface area contributed by atoms with Gasteiger partial charge in [-0.25, -0.2) is 4.57 Å². The van der Waals surface area contributed by atoms with Gasteiger partial charge in [-0.3, -0.25) is 18.6 Å². The van der Waals surface area contributed by atoms with Crippen LogP contribution in [0.5, 0.6) is 0 Å². The highest BCUT2D eigenvalue weighted by molar-refractivity contribution is 7.47. The number of rotatable bonds is 67. The van der Waals surface area contributed by atoms with E-state index >= 15 is 0 Å². The van der Waals surface area contributed by atoms with E-state index in [4.69, 9.17) is 13.8 Å². The summed E-state index contributed by atoms with van der Waals surface area (Å²) in [6, 6.07) is -0.844. The third-order valence-electron chi connectivity index (χ3n) is 16.6. The summed E-state index contributed by atoms with van der Waals surface area (Å²) in [4.78, 5) is 37.9. The summed E-state index contributed by atoms with van der Waals surface area (Å²) < 4.78 is 30.8. The number of esters is 1. The lowest BCUT2D eigenvalue weighted by atomic mass is 10.0. The Hall–Kier alpha value is -1.51. The number of hydrogen-bond donors (Lipinski definition) is 2. The van der Waals surface area contributed by atoms with E-state index in [0.717, 1.165) is 57.8 Å². The van der Waals surface area contributed by atoms with Gasteiger partial charge in [0.1, 0.15) is 19.3 Å². The number of carbonyl (C=O) groups excluding carboxylic acids is 2. The Labute approximate surface area is 511 Å². The van der Waals surface area contributed by atoms with Gasteiger partial charge in [0.25, 0.3) is 0 Å². The van der Waals surface area contributed by atoms with Gasteiger partial charge in [-0.15, -0.1) is 0 Å². The summed E-state index contributed by atoms with van der Waals surface area (Å²) in [6.07, 6.45) is 76.2. The second-order valence-corrected chi connectivity index (χ2v) is 27.6. The topological polar surface area (TPSA) is 111 Å². The van der Waals surface area contributed by atoms with Crippen molar-refractivity contribution in [1.29, 1.82) is 0 Å². The van der Waals surface area contributed by atoms with Crippen molar-refractivity contribution in [3.63, 3.8) is 0 Å². The molecular weight excluding hydrogens is 1040 g/mol. The zero-order valence-electron chi connectivity index (χ0n) is 55.8. The molecule has 2 N–H and O–H groups in total. The molecule has 1 amide bonds. The van der Waals surface area contributed by atoms with E-state index in [1.54, 1.807) is 0 Å². The second-order valence-electron chi connectivity index (χ2n) is 26.1. The molecule has 486 valence electrons. The summed E-state index contributed by atoms with van der Waals surface area (Å²) in [7, 11) is 1.52. The highest BCUT2D eigenvalue weighted by Gasteiger charge is 2.30. The lowest BCUT2D eigenvalue weighted by molar-refractivity contribution is -0.870. The predicted octanol–water partition coefficient (Wildman–Crippen LogP) is 22.9. The molecule has 0 bridgehead atoms. The van der Waals surface area contributed by atoms with Crippen molar-refractivity contribution in [2.24, 2.45) is 0 Å². The van der Waals surface area contributed by atoms with Gasteiger partial charge in [0.05, 0.1) is 33.8 Å². The number of phosphoric acid groups is 1. The van der Waals surface area contributed by atoms with Crippen molar-refractivity contribution >= 4 is 19.7 Å². The Kier molecular flexibility index (Phi) is 61.4. The maximum absolute atomic E-state index is 13.6. The first-order valence-electron chi connectivity index (χ1n) is 36.2. The SMILES string of the molecule is CCCCCCCC/C=C/CCCCCCCCCCCCCC(=O)OC(/C=C/CCCCCCCCCCCC)C(COP(=O)(O)OCC[N+](C)(C)C)NC(=O)CCCCCCCCCCCCCCCCCCCCCCCCC. The van der Waals surface area contributed by atoms with Gasteiger partial charge >= 0.3 is 13.8 Å². The third kappa shape index (κ3) is 63.0. The van der Waals surface area contributed by atoms with Gasteiger partial charge in [-0.05, 0) is 57.4 Å². The number of allylic oxidation sites excluding steroid dienone is 3. The summed E-state index contributed by atoms with van der Waals surface area (Å²) in [6.45, 7) is 7.08. The van der Waals surface area contributed by atoms with Crippen LogP contribution in [0.4, 0.5) is 0 Å². The maximum Gasteiger partial charge on any atom is 0.472 e. The number of carbonyl (C=O) groups is 2. The molecule has 0 aromatic carbocycles. The average Bonchev–Trinajstić information content (AvgIpc) is 3.44. The normalized spacial score (nSPS) is 13.6. The molecule has 0 heterocycles. The summed E-state index contributed by atoms with van der Waals surface area (Å²) in [5, 5.41) is 3.08. The zero-order valence-corrected chi connectivity index (χ0v) is 56.7. The number of nitrogens with zero attached hydrogens (tertiary/aromatic N) is 1. The average molecular weight is 1180 g/mol. The monoisotopic (exact) mass is 1180 g/mol. The number of quaternary nitrogens is 1. The van der Waals surface area contributed by atoms with Crippen molar-refractivity contribution in [1.82, 2.24) is 5.32 Å². The highest BCUT2D eigenvalue weighted by atomic mass is 31.2. The number of nitrogens with one attached hydrogen (secondary N) is 1. The molecule has 0 radical (unpaired) electrons. The quantitative estimate of drug-likeness (QED) is 0.0205. The minimum atomic E-state index is -4.45. The number of likely N-dealkylation sites (N-methyl/N-ethyl adjacent to an activating group) is 1. The molecule has 0 aromatic rings. The molecule has 0 fully saturated rings. The van der Waals surface area contributed by atoms with E-state index in [2.05, 4.69) is 44.3 Å². The van der Waals surface area contributed by atoms with Crippen LogP contribution in [-0.2, 0) is 27.9 Å². The maximum atomic E-state index is 13.6. The van der Waals surface area contributed by atoms with Gasteiger partial charge in [-0.2, -0.15) is 0 Å². The molecule has 0 saturated carbocycles. The van der Waals surface area contributed by atoms with Crippen molar-refractivity contribution in [2.75, 3.05) is 40.9 Å². The van der Waals surface area contributed by atoms with Crippen LogP contribution in [0.25, 0.3) is 0 Å². The summed E-state index contributed by atoms with van der Waals surface area (Å²) in [5.41, 5.74) is 0. The largest absolute Gasteiger partial charge is 0.472 e. The smallest absolute Gasteiger partial charge is 0.456 e. The van der Waals surface area contributed by atoms with Gasteiger partial charge < -0.3 is 19.4 Å².